The number of hydrogen-bond acceptors (Lipinski definition) is 4. The highest BCUT2D eigenvalue weighted by atomic mass is 19.1. The average molecular weight is 332 g/mol. The van der Waals surface area contributed by atoms with E-state index >= 15 is 0 Å². The maximum atomic E-state index is 12.8. The van der Waals surface area contributed by atoms with Gasteiger partial charge in [-0.25, -0.2) is 13.8 Å². The zero-order valence-corrected chi connectivity index (χ0v) is 13.3. The predicted octanol–water partition coefficient (Wildman–Crippen LogP) is 3.56. The van der Waals surface area contributed by atoms with Crippen LogP contribution in [0.1, 0.15) is 36.2 Å². The predicted molar refractivity (Wildman–Crippen MR) is 87.1 cm³/mol. The van der Waals surface area contributed by atoms with E-state index in [2.05, 4.69) is 25.4 Å². The van der Waals surface area contributed by atoms with Crippen LogP contribution >= 0.6 is 0 Å². The molecule has 2 N–H and O–H groups in total. The van der Waals surface area contributed by atoms with Gasteiger partial charge in [-0.2, -0.15) is 10.1 Å². The van der Waals surface area contributed by atoms with Crippen molar-refractivity contribution in [2.75, 3.05) is 18.7 Å². The van der Waals surface area contributed by atoms with Crippen LogP contribution in [0, 0.1) is 6.92 Å². The molecule has 3 aromatic heterocycles. The van der Waals surface area contributed by atoms with E-state index in [0.29, 0.717) is 23.2 Å². The van der Waals surface area contributed by atoms with Crippen molar-refractivity contribution in [1.82, 2.24) is 24.7 Å². The molecule has 0 bridgehead atoms. The van der Waals surface area contributed by atoms with Crippen molar-refractivity contribution in [1.29, 1.82) is 0 Å². The maximum Gasteiger partial charge on any atom is 0.229 e. The third kappa shape index (κ3) is 2.61. The monoisotopic (exact) mass is 332 g/mol. The van der Waals surface area contributed by atoms with Crippen LogP contribution in [-0.4, -0.2) is 38.1 Å². The minimum atomic E-state index is -0.895. The zero-order chi connectivity index (χ0) is 16.7. The Morgan fingerprint density at radius 1 is 1.33 bits per heavy atom. The second-order valence-corrected chi connectivity index (χ2v) is 6.14. The minimum Gasteiger partial charge on any atom is -0.346 e. The quantitative estimate of drug-likeness (QED) is 0.724. The molecule has 0 aromatic carbocycles. The molecule has 1 aliphatic carbocycles. The SMILES string of the molecule is Cc1nn(C(CF)CF)cc1Nc1nc(C2CC2)c2cc[nH]c2n1. The highest BCUT2D eigenvalue weighted by Gasteiger charge is 2.28. The molecule has 3 aromatic rings. The molecular weight excluding hydrogens is 314 g/mol. The van der Waals surface area contributed by atoms with Crippen molar-refractivity contribution in [3.05, 3.63) is 29.8 Å². The van der Waals surface area contributed by atoms with Crippen LogP contribution in [0.15, 0.2) is 18.5 Å². The molecule has 4 rings (SSSR count). The van der Waals surface area contributed by atoms with Crippen molar-refractivity contribution in [3.63, 3.8) is 0 Å². The van der Waals surface area contributed by atoms with Gasteiger partial charge in [0.1, 0.15) is 25.0 Å². The molecule has 0 aliphatic heterocycles. The summed E-state index contributed by atoms with van der Waals surface area (Å²) in [6, 6.07) is 1.09. The Hall–Kier alpha value is -2.51. The Balaban J connectivity index is 1.67. The van der Waals surface area contributed by atoms with Crippen LogP contribution in [0.4, 0.5) is 20.4 Å². The molecule has 1 aliphatic rings. The summed E-state index contributed by atoms with van der Waals surface area (Å²) < 4.78 is 27.0. The highest BCUT2D eigenvalue weighted by Crippen LogP contribution is 2.42. The van der Waals surface area contributed by atoms with Gasteiger partial charge in [-0.1, -0.05) is 0 Å². The van der Waals surface area contributed by atoms with Gasteiger partial charge in [0.15, 0.2) is 0 Å². The van der Waals surface area contributed by atoms with Gasteiger partial charge in [0.05, 0.1) is 17.1 Å². The topological polar surface area (TPSA) is 71.4 Å². The molecule has 0 spiro atoms. The van der Waals surface area contributed by atoms with Crippen LogP contribution in [0.3, 0.4) is 0 Å². The van der Waals surface area contributed by atoms with Crippen LogP contribution in [0.2, 0.25) is 0 Å². The number of aromatic amines is 1. The Morgan fingerprint density at radius 2 is 2.12 bits per heavy atom. The molecule has 24 heavy (non-hydrogen) atoms. The van der Waals surface area contributed by atoms with Crippen molar-refractivity contribution in [2.45, 2.75) is 31.7 Å². The summed E-state index contributed by atoms with van der Waals surface area (Å²) in [5.41, 5.74) is 3.11. The van der Waals surface area contributed by atoms with Crippen molar-refractivity contribution in [3.8, 4) is 0 Å². The van der Waals surface area contributed by atoms with E-state index in [1.54, 1.807) is 13.1 Å². The van der Waals surface area contributed by atoms with Crippen molar-refractivity contribution < 1.29 is 8.78 Å². The molecule has 8 heteroatoms. The number of anilines is 2. The molecule has 0 amide bonds. The Morgan fingerprint density at radius 3 is 2.83 bits per heavy atom. The fourth-order valence-corrected chi connectivity index (χ4v) is 2.78. The van der Waals surface area contributed by atoms with Gasteiger partial charge in [-0.3, -0.25) is 4.68 Å². The first-order chi connectivity index (χ1) is 11.7. The minimum absolute atomic E-state index is 0.464. The molecule has 1 fully saturated rings. The first-order valence-corrected chi connectivity index (χ1v) is 7.99. The van der Waals surface area contributed by atoms with Gasteiger partial charge in [0.25, 0.3) is 0 Å². The second-order valence-electron chi connectivity index (χ2n) is 6.14. The van der Waals surface area contributed by atoms with E-state index in [-0.39, 0.29) is 0 Å². The van der Waals surface area contributed by atoms with Gasteiger partial charge in [-0.15, -0.1) is 0 Å². The molecule has 3 heterocycles. The molecule has 1 saturated carbocycles. The summed E-state index contributed by atoms with van der Waals surface area (Å²) in [5, 5.41) is 8.36. The van der Waals surface area contributed by atoms with Gasteiger partial charge in [0.2, 0.25) is 5.95 Å². The van der Waals surface area contributed by atoms with Crippen LogP contribution < -0.4 is 5.32 Å². The Kier molecular flexibility index (Phi) is 3.66. The third-order valence-corrected chi connectivity index (χ3v) is 4.30. The molecule has 0 unspecified atom stereocenters. The second kappa shape index (κ2) is 5.85. The fourth-order valence-electron chi connectivity index (χ4n) is 2.78. The molecule has 0 saturated heterocycles. The van der Waals surface area contributed by atoms with Gasteiger partial charge >= 0.3 is 0 Å². The van der Waals surface area contributed by atoms with Gasteiger partial charge in [-0.05, 0) is 25.8 Å². The third-order valence-electron chi connectivity index (χ3n) is 4.30. The molecule has 0 atom stereocenters. The lowest BCUT2D eigenvalue weighted by molar-refractivity contribution is 0.272. The standard InChI is InChI=1S/C16H18F2N6/c1-9-13(8-24(23-9)11(6-17)7-18)20-16-21-14(10-2-3-10)12-4-5-19-15(12)22-16/h4-5,8,10-11H,2-3,6-7H2,1H3,(H2,19,20,21,22). The summed E-state index contributed by atoms with van der Waals surface area (Å²) in [6.45, 7) is 0.184. The molecule has 126 valence electrons. The lowest BCUT2D eigenvalue weighted by Gasteiger charge is -2.08. The largest absolute Gasteiger partial charge is 0.346 e. The lowest BCUT2D eigenvalue weighted by atomic mass is 10.2. The number of alkyl halides is 2. The van der Waals surface area contributed by atoms with Crippen LogP contribution in [0.25, 0.3) is 11.0 Å². The summed E-state index contributed by atoms with van der Waals surface area (Å²) in [7, 11) is 0. The van der Waals surface area contributed by atoms with E-state index in [0.717, 1.165) is 29.6 Å². The first-order valence-electron chi connectivity index (χ1n) is 7.99. The fraction of sp³-hybridized carbons (Fsp3) is 0.438. The van der Waals surface area contributed by atoms with Gasteiger partial charge < -0.3 is 10.3 Å². The average Bonchev–Trinajstić information content (AvgIpc) is 3.21. The summed E-state index contributed by atoms with van der Waals surface area (Å²) in [5.74, 6) is 0.949. The number of aryl methyl sites for hydroxylation is 1. The Labute approximate surface area is 137 Å². The molecule has 6 nitrogen and oxygen atoms in total. The zero-order valence-electron chi connectivity index (χ0n) is 13.3. The number of fused-ring (bicyclic) bond motifs is 1. The maximum absolute atomic E-state index is 12.8. The number of aromatic nitrogens is 5. The van der Waals surface area contributed by atoms with E-state index in [4.69, 9.17) is 0 Å². The van der Waals surface area contributed by atoms with Crippen LogP contribution in [0.5, 0.6) is 0 Å². The van der Waals surface area contributed by atoms with Crippen molar-refractivity contribution >= 4 is 22.7 Å². The smallest absolute Gasteiger partial charge is 0.229 e. The number of nitrogens with zero attached hydrogens (tertiary/aromatic N) is 4. The summed E-state index contributed by atoms with van der Waals surface area (Å²) in [4.78, 5) is 12.2. The highest BCUT2D eigenvalue weighted by molar-refractivity contribution is 5.80. The number of H-pyrrole nitrogens is 1. The number of halogens is 2. The normalized spacial score (nSPS) is 14.7. The first kappa shape index (κ1) is 15.0. The Bertz CT molecular complexity index is 863. The number of nitrogens with one attached hydrogen (secondary N) is 2. The van der Waals surface area contributed by atoms with E-state index < -0.39 is 19.4 Å². The summed E-state index contributed by atoms with van der Waals surface area (Å²) in [6.07, 6.45) is 5.73. The van der Waals surface area contributed by atoms with Crippen molar-refractivity contribution in [2.24, 2.45) is 0 Å². The van der Waals surface area contributed by atoms with E-state index in [9.17, 15) is 8.78 Å². The van der Waals surface area contributed by atoms with Gasteiger partial charge in [0, 0.05) is 23.7 Å². The lowest BCUT2D eigenvalue weighted by Crippen LogP contribution is -2.13. The van der Waals surface area contributed by atoms with E-state index in [1.807, 2.05) is 12.3 Å². The molecule has 0 radical (unpaired) electrons. The van der Waals surface area contributed by atoms with Crippen LogP contribution in [-0.2, 0) is 0 Å². The molecular formula is C16H18F2N6. The van der Waals surface area contributed by atoms with E-state index in [1.165, 1.54) is 4.68 Å². The summed E-state index contributed by atoms with van der Waals surface area (Å²) >= 11 is 0. The number of hydrogen-bond donors (Lipinski definition) is 2. The number of rotatable bonds is 6.